The van der Waals surface area contributed by atoms with Gasteiger partial charge in [-0.05, 0) is 5.56 Å². The maximum absolute atomic E-state index is 11.2. The normalized spacial score (nSPS) is 12.2. The standard InChI is InChI=1S/C12H18N2O2/c1-10(15)14(3)9-12(16-13-2)11-7-5-4-6-8-11/h4-8,12-13H,9H2,1-3H3. The van der Waals surface area contributed by atoms with Gasteiger partial charge in [-0.2, -0.15) is 0 Å². The van der Waals surface area contributed by atoms with Crippen LogP contribution in [0, 0.1) is 0 Å². The SMILES string of the molecule is CNOC(CN(C)C(C)=O)c1ccccc1. The van der Waals surface area contributed by atoms with Crippen molar-refractivity contribution in [3.8, 4) is 0 Å². The van der Waals surface area contributed by atoms with E-state index in [2.05, 4.69) is 5.48 Å². The number of carbonyl (C=O) groups excluding carboxylic acids is 1. The lowest BCUT2D eigenvalue weighted by Crippen LogP contribution is -2.31. The monoisotopic (exact) mass is 222 g/mol. The smallest absolute Gasteiger partial charge is 0.219 e. The van der Waals surface area contributed by atoms with Gasteiger partial charge < -0.3 is 4.90 Å². The number of nitrogens with zero attached hydrogens (tertiary/aromatic N) is 1. The van der Waals surface area contributed by atoms with Crippen molar-refractivity contribution in [2.24, 2.45) is 0 Å². The summed E-state index contributed by atoms with van der Waals surface area (Å²) in [6.45, 7) is 2.07. The van der Waals surface area contributed by atoms with Crippen LogP contribution in [0.1, 0.15) is 18.6 Å². The highest BCUT2D eigenvalue weighted by molar-refractivity contribution is 5.72. The van der Waals surface area contributed by atoms with Gasteiger partial charge in [0.1, 0.15) is 6.10 Å². The fourth-order valence-corrected chi connectivity index (χ4v) is 1.40. The van der Waals surface area contributed by atoms with Crippen LogP contribution in [0.3, 0.4) is 0 Å². The van der Waals surface area contributed by atoms with Gasteiger partial charge in [-0.15, -0.1) is 0 Å². The van der Waals surface area contributed by atoms with Crippen LogP contribution >= 0.6 is 0 Å². The molecular formula is C12H18N2O2. The minimum Gasteiger partial charge on any atom is -0.343 e. The molecule has 0 saturated carbocycles. The summed E-state index contributed by atoms with van der Waals surface area (Å²) in [5.41, 5.74) is 3.72. The van der Waals surface area contributed by atoms with Crippen molar-refractivity contribution in [1.29, 1.82) is 0 Å². The van der Waals surface area contributed by atoms with Gasteiger partial charge >= 0.3 is 0 Å². The van der Waals surface area contributed by atoms with Crippen LogP contribution in [-0.4, -0.2) is 31.4 Å². The molecular weight excluding hydrogens is 204 g/mol. The molecule has 0 bridgehead atoms. The van der Waals surface area contributed by atoms with Gasteiger partial charge in [0.25, 0.3) is 0 Å². The van der Waals surface area contributed by atoms with Crippen molar-refractivity contribution >= 4 is 5.91 Å². The molecule has 1 amide bonds. The molecule has 4 nitrogen and oxygen atoms in total. The summed E-state index contributed by atoms with van der Waals surface area (Å²) in [4.78, 5) is 18.2. The third-order valence-corrected chi connectivity index (χ3v) is 2.41. The second-order valence-corrected chi connectivity index (χ2v) is 3.62. The average Bonchev–Trinajstić information content (AvgIpc) is 2.29. The Bertz CT molecular complexity index is 327. The van der Waals surface area contributed by atoms with Crippen molar-refractivity contribution in [2.75, 3.05) is 20.6 Å². The number of rotatable bonds is 5. The van der Waals surface area contributed by atoms with Gasteiger partial charge in [0.05, 0.1) is 6.54 Å². The number of hydrogen-bond donors (Lipinski definition) is 1. The van der Waals surface area contributed by atoms with Gasteiger partial charge in [0, 0.05) is 21.0 Å². The van der Waals surface area contributed by atoms with Gasteiger partial charge in [0.15, 0.2) is 0 Å². The quantitative estimate of drug-likeness (QED) is 0.765. The number of hydroxylamine groups is 1. The molecule has 0 aliphatic carbocycles. The van der Waals surface area contributed by atoms with E-state index in [0.717, 1.165) is 5.56 Å². The Hall–Kier alpha value is -1.39. The molecule has 1 rings (SSSR count). The van der Waals surface area contributed by atoms with E-state index < -0.39 is 0 Å². The van der Waals surface area contributed by atoms with Crippen molar-refractivity contribution in [3.63, 3.8) is 0 Å². The fraction of sp³-hybridized carbons (Fsp3) is 0.417. The first-order chi connectivity index (χ1) is 7.65. The topological polar surface area (TPSA) is 41.6 Å². The van der Waals surface area contributed by atoms with Crippen LogP contribution in [0.25, 0.3) is 0 Å². The lowest BCUT2D eigenvalue weighted by Gasteiger charge is -2.23. The predicted octanol–water partition coefficient (Wildman–Crippen LogP) is 1.36. The fourth-order valence-electron chi connectivity index (χ4n) is 1.40. The lowest BCUT2D eigenvalue weighted by molar-refractivity contribution is -0.130. The summed E-state index contributed by atoms with van der Waals surface area (Å²) in [7, 11) is 3.47. The van der Waals surface area contributed by atoms with Gasteiger partial charge in [-0.1, -0.05) is 30.3 Å². The molecule has 0 spiro atoms. The summed E-state index contributed by atoms with van der Waals surface area (Å²) in [6.07, 6.45) is -0.153. The van der Waals surface area contributed by atoms with Crippen LogP contribution < -0.4 is 5.48 Å². The van der Waals surface area contributed by atoms with Crippen LogP contribution in [0.4, 0.5) is 0 Å². The maximum atomic E-state index is 11.2. The molecule has 0 aliphatic rings. The maximum Gasteiger partial charge on any atom is 0.219 e. The molecule has 0 radical (unpaired) electrons. The van der Waals surface area contributed by atoms with Crippen LogP contribution in [-0.2, 0) is 9.63 Å². The summed E-state index contributed by atoms with van der Waals surface area (Å²) < 4.78 is 0. The van der Waals surface area contributed by atoms with Crippen LogP contribution in [0.15, 0.2) is 30.3 Å². The number of nitrogens with one attached hydrogen (secondary N) is 1. The molecule has 1 aromatic rings. The Kier molecular flexibility index (Phi) is 4.95. The second-order valence-electron chi connectivity index (χ2n) is 3.62. The Morgan fingerprint density at radius 3 is 2.56 bits per heavy atom. The third kappa shape index (κ3) is 3.64. The van der Waals surface area contributed by atoms with Gasteiger partial charge in [0.2, 0.25) is 5.91 Å². The molecule has 88 valence electrons. The number of likely N-dealkylation sites (N-methyl/N-ethyl adjacent to an activating group) is 1. The number of amides is 1. The zero-order valence-electron chi connectivity index (χ0n) is 9.93. The molecule has 1 N–H and O–H groups in total. The van der Waals surface area contributed by atoms with Crippen LogP contribution in [0.5, 0.6) is 0 Å². The number of carbonyl (C=O) groups is 1. The van der Waals surface area contributed by atoms with E-state index >= 15 is 0 Å². The zero-order valence-corrected chi connectivity index (χ0v) is 9.93. The predicted molar refractivity (Wildman–Crippen MR) is 62.6 cm³/mol. The van der Waals surface area contributed by atoms with Crippen molar-refractivity contribution in [1.82, 2.24) is 10.4 Å². The van der Waals surface area contributed by atoms with E-state index in [4.69, 9.17) is 4.84 Å². The minimum absolute atomic E-state index is 0.0284. The highest BCUT2D eigenvalue weighted by Crippen LogP contribution is 2.16. The Labute approximate surface area is 96.2 Å². The first kappa shape index (κ1) is 12.7. The van der Waals surface area contributed by atoms with Crippen molar-refractivity contribution in [2.45, 2.75) is 13.0 Å². The molecule has 0 fully saturated rings. The van der Waals surface area contributed by atoms with Crippen molar-refractivity contribution < 1.29 is 9.63 Å². The Morgan fingerprint density at radius 2 is 2.06 bits per heavy atom. The van der Waals surface area contributed by atoms with E-state index in [1.807, 2.05) is 30.3 Å². The minimum atomic E-state index is -0.153. The van der Waals surface area contributed by atoms with E-state index in [0.29, 0.717) is 6.54 Å². The molecule has 0 heterocycles. The van der Waals surface area contributed by atoms with Crippen molar-refractivity contribution in [3.05, 3.63) is 35.9 Å². The molecule has 0 aromatic heterocycles. The molecule has 1 atom stereocenters. The van der Waals surface area contributed by atoms with Gasteiger partial charge in [-0.25, -0.2) is 5.48 Å². The van der Waals surface area contributed by atoms with E-state index in [1.165, 1.54) is 0 Å². The molecule has 16 heavy (non-hydrogen) atoms. The third-order valence-electron chi connectivity index (χ3n) is 2.41. The number of hydrogen-bond acceptors (Lipinski definition) is 3. The molecule has 4 heteroatoms. The zero-order chi connectivity index (χ0) is 12.0. The molecule has 1 aromatic carbocycles. The van der Waals surface area contributed by atoms with E-state index in [9.17, 15) is 4.79 Å². The number of benzene rings is 1. The highest BCUT2D eigenvalue weighted by Gasteiger charge is 2.15. The first-order valence-corrected chi connectivity index (χ1v) is 5.24. The summed E-state index contributed by atoms with van der Waals surface area (Å²) in [5.74, 6) is 0.0284. The average molecular weight is 222 g/mol. The second kappa shape index (κ2) is 6.25. The molecule has 0 aliphatic heterocycles. The lowest BCUT2D eigenvalue weighted by atomic mass is 10.1. The molecule has 1 unspecified atom stereocenters. The Balaban J connectivity index is 2.72. The summed E-state index contributed by atoms with van der Waals surface area (Å²) in [6, 6.07) is 9.82. The van der Waals surface area contributed by atoms with E-state index in [1.54, 1.807) is 25.9 Å². The first-order valence-electron chi connectivity index (χ1n) is 5.24. The highest BCUT2D eigenvalue weighted by atomic mass is 16.7. The van der Waals surface area contributed by atoms with E-state index in [-0.39, 0.29) is 12.0 Å². The summed E-state index contributed by atoms with van der Waals surface area (Å²) >= 11 is 0. The Morgan fingerprint density at radius 1 is 1.44 bits per heavy atom. The summed E-state index contributed by atoms with van der Waals surface area (Å²) in [5, 5.41) is 0. The van der Waals surface area contributed by atoms with Gasteiger partial charge in [-0.3, -0.25) is 9.63 Å². The molecule has 0 saturated heterocycles. The van der Waals surface area contributed by atoms with Crippen LogP contribution in [0.2, 0.25) is 0 Å². The largest absolute Gasteiger partial charge is 0.343 e.